The molecule has 1 heterocycles. The van der Waals surface area contributed by atoms with E-state index in [1.165, 1.54) is 38.5 Å². The molecule has 1 saturated heterocycles. The zero-order valence-corrected chi connectivity index (χ0v) is 45.1. The highest BCUT2D eigenvalue weighted by molar-refractivity contribution is 5.74. The molecule has 6 unspecified atom stereocenters. The van der Waals surface area contributed by atoms with E-state index in [-0.39, 0.29) is 25.9 Å². The minimum Gasteiger partial charge on any atom is -0.479 e. The first-order valence-corrected chi connectivity index (χ1v) is 27.9. The molecule has 0 bridgehead atoms. The maximum absolute atomic E-state index is 13.1. The Hall–Kier alpha value is -4.62. The van der Waals surface area contributed by atoms with Gasteiger partial charge in [0, 0.05) is 19.3 Å². The fourth-order valence-electron chi connectivity index (χ4n) is 7.60. The number of esters is 3. The maximum atomic E-state index is 13.1. The molecular formula is C61H96O12. The predicted molar refractivity (Wildman–Crippen MR) is 294 cm³/mol. The lowest BCUT2D eigenvalue weighted by Gasteiger charge is -2.40. The highest BCUT2D eigenvalue weighted by Gasteiger charge is 2.50. The number of rotatable bonds is 45. The van der Waals surface area contributed by atoms with Gasteiger partial charge in [0.2, 0.25) is 0 Å². The molecular weight excluding hydrogens is 925 g/mol. The van der Waals surface area contributed by atoms with Crippen molar-refractivity contribution in [3.05, 3.63) is 109 Å². The Morgan fingerprint density at radius 2 is 0.890 bits per heavy atom. The summed E-state index contributed by atoms with van der Waals surface area (Å²) < 4.78 is 28.2. The number of carbonyl (C=O) groups is 4. The second-order valence-corrected chi connectivity index (χ2v) is 18.4. The first-order chi connectivity index (χ1) is 35.6. The SMILES string of the molecule is CC/C=C\C/C=C\C/C=C\C/C=C\CCCCC(=O)OCC(COC1OC(C(=O)O)C(O)C(O)C1OC(=O)CCCCCCC/C=C\CCCCCCCC)OC(=O)CC/C=C\C/C=C\C/C=C\C/C=C\CC. The number of ether oxygens (including phenoxy) is 5. The van der Waals surface area contributed by atoms with Gasteiger partial charge in [-0.25, -0.2) is 4.79 Å². The first kappa shape index (κ1) is 66.4. The summed E-state index contributed by atoms with van der Waals surface area (Å²) in [5.74, 6) is -3.31. The molecule has 1 fully saturated rings. The molecule has 3 N–H and O–H groups in total. The van der Waals surface area contributed by atoms with Gasteiger partial charge in [-0.15, -0.1) is 0 Å². The van der Waals surface area contributed by atoms with Crippen LogP contribution in [0.1, 0.15) is 201 Å². The van der Waals surface area contributed by atoms with Crippen molar-refractivity contribution in [2.45, 2.75) is 237 Å². The lowest BCUT2D eigenvalue weighted by Crippen LogP contribution is -2.61. The van der Waals surface area contributed by atoms with Gasteiger partial charge in [-0.3, -0.25) is 14.4 Å². The largest absolute Gasteiger partial charge is 0.479 e. The molecule has 412 valence electrons. The third-order valence-corrected chi connectivity index (χ3v) is 11.8. The van der Waals surface area contributed by atoms with Gasteiger partial charge in [-0.1, -0.05) is 182 Å². The first-order valence-electron chi connectivity index (χ1n) is 27.9. The van der Waals surface area contributed by atoms with Crippen LogP contribution < -0.4 is 0 Å². The van der Waals surface area contributed by atoms with Crippen molar-refractivity contribution in [3.8, 4) is 0 Å². The van der Waals surface area contributed by atoms with Gasteiger partial charge in [0.1, 0.15) is 18.8 Å². The van der Waals surface area contributed by atoms with Crippen LogP contribution in [-0.2, 0) is 42.9 Å². The van der Waals surface area contributed by atoms with E-state index in [0.29, 0.717) is 25.7 Å². The van der Waals surface area contributed by atoms with Gasteiger partial charge in [-0.05, 0) is 109 Å². The van der Waals surface area contributed by atoms with Crippen molar-refractivity contribution < 1.29 is 58.2 Å². The molecule has 0 aromatic rings. The van der Waals surface area contributed by atoms with Gasteiger partial charge >= 0.3 is 23.9 Å². The highest BCUT2D eigenvalue weighted by Crippen LogP contribution is 2.26. The molecule has 12 heteroatoms. The average Bonchev–Trinajstić information content (AvgIpc) is 3.37. The van der Waals surface area contributed by atoms with Crippen LogP contribution in [0.5, 0.6) is 0 Å². The Labute approximate surface area is 440 Å². The fraction of sp³-hybridized carbons (Fsp3) is 0.639. The molecule has 1 rings (SSSR count). The number of carboxylic acid groups (broad SMARTS) is 1. The van der Waals surface area contributed by atoms with Crippen LogP contribution in [0.2, 0.25) is 0 Å². The quantitative estimate of drug-likeness (QED) is 0.0228. The number of aliphatic carboxylic acids is 1. The summed E-state index contributed by atoms with van der Waals surface area (Å²) in [5.41, 5.74) is 0. The number of hydrogen-bond donors (Lipinski definition) is 3. The topological polar surface area (TPSA) is 175 Å². The van der Waals surface area contributed by atoms with Crippen molar-refractivity contribution in [3.63, 3.8) is 0 Å². The van der Waals surface area contributed by atoms with Crippen molar-refractivity contribution in [1.82, 2.24) is 0 Å². The monoisotopic (exact) mass is 1020 g/mol. The minimum absolute atomic E-state index is 0.0263. The number of allylic oxidation sites excluding steroid dienone is 18. The molecule has 0 aliphatic carbocycles. The van der Waals surface area contributed by atoms with Crippen LogP contribution in [-0.4, -0.2) is 89.2 Å². The van der Waals surface area contributed by atoms with E-state index >= 15 is 0 Å². The molecule has 0 radical (unpaired) electrons. The van der Waals surface area contributed by atoms with Crippen molar-refractivity contribution in [2.24, 2.45) is 0 Å². The van der Waals surface area contributed by atoms with Crippen molar-refractivity contribution >= 4 is 23.9 Å². The number of carboxylic acids is 1. The lowest BCUT2D eigenvalue weighted by atomic mass is 9.98. The summed E-state index contributed by atoms with van der Waals surface area (Å²) in [7, 11) is 0. The molecule has 12 nitrogen and oxygen atoms in total. The van der Waals surface area contributed by atoms with Crippen LogP contribution >= 0.6 is 0 Å². The van der Waals surface area contributed by atoms with Crippen LogP contribution in [0.15, 0.2) is 109 Å². The third-order valence-electron chi connectivity index (χ3n) is 11.8. The zero-order valence-electron chi connectivity index (χ0n) is 45.1. The predicted octanol–water partition coefficient (Wildman–Crippen LogP) is 13.9. The van der Waals surface area contributed by atoms with E-state index in [1.807, 2.05) is 12.2 Å². The number of aliphatic hydroxyl groups is 2. The standard InChI is InChI=1S/C61H96O12/c1-4-7-10-13-16-19-22-25-27-30-32-35-38-41-44-47-53(62)69-50-52(71-54(63)48-45-42-39-36-33-29-24-21-18-15-12-9-6-3)51-70-61-59(57(66)56(65)58(73-61)60(67)68)72-55(64)49-46-43-40-37-34-31-28-26-23-20-17-14-11-8-5-2/h7,9-10,12,16,18-19,21,25-29,32-33,35,39,42,52,56-59,61,65-66H,4-6,8,11,13-15,17,20,22-24,30-31,34,36-38,40-41,43-51H2,1-3H3,(H,67,68)/b10-7-,12-9-,19-16-,21-18-,27-25-,28-26-,33-29-,35-32-,42-39-. The number of unbranched alkanes of at least 4 members (excludes halogenated alkanes) is 13. The van der Waals surface area contributed by atoms with Gasteiger partial charge in [0.15, 0.2) is 24.6 Å². The number of carbonyl (C=O) groups excluding carboxylic acids is 3. The molecule has 73 heavy (non-hydrogen) atoms. The second kappa shape index (κ2) is 48.3. The average molecular weight is 1020 g/mol. The van der Waals surface area contributed by atoms with Crippen LogP contribution in [0, 0.1) is 0 Å². The summed E-state index contributed by atoms with van der Waals surface area (Å²) in [6.07, 6.45) is 52.3. The maximum Gasteiger partial charge on any atom is 0.335 e. The number of hydrogen-bond acceptors (Lipinski definition) is 11. The summed E-state index contributed by atoms with van der Waals surface area (Å²) in [6.45, 7) is 5.63. The molecule has 1 aliphatic heterocycles. The van der Waals surface area contributed by atoms with Crippen LogP contribution in [0.25, 0.3) is 0 Å². The Bertz CT molecular complexity index is 1690. The smallest absolute Gasteiger partial charge is 0.335 e. The van der Waals surface area contributed by atoms with Gasteiger partial charge in [0.05, 0.1) is 6.61 Å². The van der Waals surface area contributed by atoms with Crippen molar-refractivity contribution in [1.29, 1.82) is 0 Å². The van der Waals surface area contributed by atoms with Gasteiger partial charge in [0.25, 0.3) is 0 Å². The summed E-state index contributed by atoms with van der Waals surface area (Å²) in [6, 6.07) is 0. The fourth-order valence-corrected chi connectivity index (χ4v) is 7.60. The Morgan fingerprint density at radius 3 is 1.41 bits per heavy atom. The molecule has 0 spiro atoms. The highest BCUT2D eigenvalue weighted by atomic mass is 16.7. The van der Waals surface area contributed by atoms with E-state index in [1.54, 1.807) is 0 Å². The van der Waals surface area contributed by atoms with E-state index in [4.69, 9.17) is 23.7 Å². The minimum atomic E-state index is -1.93. The molecule has 0 saturated carbocycles. The van der Waals surface area contributed by atoms with Gasteiger partial charge in [-0.2, -0.15) is 0 Å². The molecule has 0 amide bonds. The van der Waals surface area contributed by atoms with E-state index in [2.05, 4.69) is 118 Å². The van der Waals surface area contributed by atoms with E-state index in [0.717, 1.165) is 96.3 Å². The summed E-state index contributed by atoms with van der Waals surface area (Å²) in [5, 5.41) is 31.4. The summed E-state index contributed by atoms with van der Waals surface area (Å²) >= 11 is 0. The molecule has 1 aliphatic rings. The normalized spacial score (nSPS) is 19.2. The van der Waals surface area contributed by atoms with Crippen LogP contribution in [0.4, 0.5) is 0 Å². The van der Waals surface area contributed by atoms with E-state index < -0.39 is 67.3 Å². The second-order valence-electron chi connectivity index (χ2n) is 18.4. The van der Waals surface area contributed by atoms with Crippen molar-refractivity contribution in [2.75, 3.05) is 13.2 Å². The zero-order chi connectivity index (χ0) is 53.3. The Balaban J connectivity index is 2.79. The van der Waals surface area contributed by atoms with E-state index in [9.17, 15) is 34.5 Å². The molecule has 0 aromatic heterocycles. The summed E-state index contributed by atoms with van der Waals surface area (Å²) in [4.78, 5) is 50.9. The number of aliphatic hydroxyl groups excluding tert-OH is 2. The molecule has 6 atom stereocenters. The van der Waals surface area contributed by atoms with Crippen LogP contribution in [0.3, 0.4) is 0 Å². The Kier molecular flexibility index (Phi) is 44.0. The lowest BCUT2D eigenvalue weighted by molar-refractivity contribution is -0.301. The Morgan fingerprint density at radius 1 is 0.466 bits per heavy atom. The van der Waals surface area contributed by atoms with Gasteiger partial charge < -0.3 is 39.0 Å². The third kappa shape index (κ3) is 38.6. The molecule has 0 aromatic carbocycles.